The van der Waals surface area contributed by atoms with Gasteiger partial charge in [0, 0.05) is 11.6 Å². The second-order valence-electron chi connectivity index (χ2n) is 6.19. The number of thioether (sulfide) groups is 1. The van der Waals surface area contributed by atoms with Crippen molar-refractivity contribution in [3.63, 3.8) is 0 Å². The van der Waals surface area contributed by atoms with E-state index in [4.69, 9.17) is 25.5 Å². The van der Waals surface area contributed by atoms with Crippen molar-refractivity contribution in [2.75, 3.05) is 19.8 Å². The molecule has 0 spiro atoms. The van der Waals surface area contributed by atoms with Gasteiger partial charge in [-0.05, 0) is 55.9 Å². The van der Waals surface area contributed by atoms with E-state index in [-0.39, 0.29) is 28.7 Å². The zero-order valence-corrected chi connectivity index (χ0v) is 18.2. The first kappa shape index (κ1) is 22.6. The maximum Gasteiger partial charge on any atom is 0.339 e. The third-order valence-electron chi connectivity index (χ3n) is 4.11. The number of hydrogen-bond donors (Lipinski definition) is 0. The highest BCUT2D eigenvalue weighted by molar-refractivity contribution is 8.18. The van der Waals surface area contributed by atoms with Gasteiger partial charge in [0.25, 0.3) is 11.1 Å². The van der Waals surface area contributed by atoms with Crippen LogP contribution in [-0.4, -0.2) is 47.7 Å². The minimum Gasteiger partial charge on any atom is -0.465 e. The summed E-state index contributed by atoms with van der Waals surface area (Å²) in [6.45, 7) is 3.26. The van der Waals surface area contributed by atoms with Crippen LogP contribution >= 0.6 is 23.4 Å². The lowest BCUT2D eigenvalue weighted by molar-refractivity contribution is -0.145. The van der Waals surface area contributed by atoms with Crippen LogP contribution in [0.25, 0.3) is 17.4 Å². The molecule has 10 heteroatoms. The van der Waals surface area contributed by atoms with Crippen molar-refractivity contribution in [2.24, 2.45) is 0 Å². The molecule has 0 radical (unpaired) electrons. The van der Waals surface area contributed by atoms with E-state index in [1.807, 2.05) is 0 Å². The number of hydrogen-bond acceptors (Lipinski definition) is 8. The van der Waals surface area contributed by atoms with Crippen LogP contribution in [0.5, 0.6) is 0 Å². The fourth-order valence-corrected chi connectivity index (χ4v) is 3.74. The number of amides is 2. The highest BCUT2D eigenvalue weighted by atomic mass is 35.5. The molecular weight excluding hydrogens is 446 g/mol. The molecule has 2 amide bonds. The first-order valence-corrected chi connectivity index (χ1v) is 10.5. The SMILES string of the molecule is CCOC(=O)CN1C(=O)S/C(=C\c2ccc(-c3ccc(Cl)c(C(=O)OCC)c3)o2)C1=O. The van der Waals surface area contributed by atoms with E-state index < -0.39 is 29.6 Å². The Kier molecular flexibility index (Phi) is 7.19. The van der Waals surface area contributed by atoms with E-state index in [0.717, 1.165) is 4.90 Å². The first-order chi connectivity index (χ1) is 14.8. The van der Waals surface area contributed by atoms with Crippen molar-refractivity contribution in [3.05, 3.63) is 51.6 Å². The van der Waals surface area contributed by atoms with Gasteiger partial charge < -0.3 is 13.9 Å². The predicted molar refractivity (Wildman–Crippen MR) is 114 cm³/mol. The zero-order valence-electron chi connectivity index (χ0n) is 16.7. The largest absolute Gasteiger partial charge is 0.465 e. The van der Waals surface area contributed by atoms with Crippen molar-refractivity contribution in [1.82, 2.24) is 4.90 Å². The average Bonchev–Trinajstić information content (AvgIpc) is 3.29. The minimum absolute atomic E-state index is 0.124. The predicted octanol–water partition coefficient (Wildman–Crippen LogP) is 4.38. The molecule has 3 rings (SSSR count). The molecule has 1 fully saturated rings. The van der Waals surface area contributed by atoms with Crippen LogP contribution < -0.4 is 0 Å². The van der Waals surface area contributed by atoms with Gasteiger partial charge in [-0.3, -0.25) is 19.3 Å². The summed E-state index contributed by atoms with van der Waals surface area (Å²) in [7, 11) is 0. The van der Waals surface area contributed by atoms with E-state index in [9.17, 15) is 19.2 Å². The minimum atomic E-state index is -0.661. The molecule has 1 aliphatic heterocycles. The lowest BCUT2D eigenvalue weighted by Crippen LogP contribution is -2.34. The molecule has 0 aliphatic carbocycles. The molecule has 0 unspecified atom stereocenters. The number of esters is 2. The highest BCUT2D eigenvalue weighted by Crippen LogP contribution is 2.34. The number of imide groups is 1. The molecular formula is C21H18ClNO7S. The smallest absolute Gasteiger partial charge is 0.339 e. The van der Waals surface area contributed by atoms with Crippen molar-refractivity contribution in [2.45, 2.75) is 13.8 Å². The van der Waals surface area contributed by atoms with Crippen molar-refractivity contribution >= 4 is 52.5 Å². The molecule has 0 bridgehead atoms. The van der Waals surface area contributed by atoms with Gasteiger partial charge >= 0.3 is 11.9 Å². The Morgan fingerprint density at radius 2 is 1.87 bits per heavy atom. The van der Waals surface area contributed by atoms with Gasteiger partial charge in [-0.2, -0.15) is 0 Å². The highest BCUT2D eigenvalue weighted by Gasteiger charge is 2.36. The summed E-state index contributed by atoms with van der Waals surface area (Å²) in [6, 6.07) is 8.07. The number of nitrogens with zero attached hydrogens (tertiary/aromatic N) is 1. The van der Waals surface area contributed by atoms with Crippen molar-refractivity contribution in [1.29, 1.82) is 0 Å². The van der Waals surface area contributed by atoms with Crippen LogP contribution in [-0.2, 0) is 19.1 Å². The van der Waals surface area contributed by atoms with Crippen LogP contribution in [0.4, 0.5) is 4.79 Å². The summed E-state index contributed by atoms with van der Waals surface area (Å²) in [5.41, 5.74) is 0.793. The van der Waals surface area contributed by atoms with Crippen LogP contribution in [0.2, 0.25) is 5.02 Å². The Balaban J connectivity index is 1.80. The van der Waals surface area contributed by atoms with Crippen molar-refractivity contribution < 1.29 is 33.1 Å². The van der Waals surface area contributed by atoms with Crippen LogP contribution in [0.3, 0.4) is 0 Å². The number of carbonyl (C=O) groups is 4. The van der Waals surface area contributed by atoms with E-state index in [1.54, 1.807) is 44.2 Å². The summed E-state index contributed by atoms with van der Waals surface area (Å²) >= 11 is 6.79. The number of rotatable bonds is 7. The maximum absolute atomic E-state index is 12.5. The second kappa shape index (κ2) is 9.84. The third-order valence-corrected chi connectivity index (χ3v) is 5.35. The molecule has 1 aliphatic rings. The standard InChI is InChI=1S/C21H18ClNO7S/c1-3-28-18(24)11-23-19(25)17(31-21(23)27)10-13-6-8-16(30-13)12-5-7-15(22)14(9-12)20(26)29-4-2/h5-10H,3-4,11H2,1-2H3/b17-10-. The van der Waals surface area contributed by atoms with E-state index >= 15 is 0 Å². The van der Waals surface area contributed by atoms with Crippen molar-refractivity contribution in [3.8, 4) is 11.3 Å². The van der Waals surface area contributed by atoms with Gasteiger partial charge in [0.2, 0.25) is 0 Å². The maximum atomic E-state index is 12.5. The summed E-state index contributed by atoms with van der Waals surface area (Å²) in [5.74, 6) is -1.05. The van der Waals surface area contributed by atoms with E-state index in [2.05, 4.69) is 0 Å². The molecule has 2 heterocycles. The molecule has 0 N–H and O–H groups in total. The number of ether oxygens (including phenoxy) is 2. The Labute approximate surface area is 187 Å². The molecule has 0 atom stereocenters. The Bertz CT molecular complexity index is 1080. The molecule has 8 nitrogen and oxygen atoms in total. The summed E-state index contributed by atoms with van der Waals surface area (Å²) in [4.78, 5) is 49.1. The van der Waals surface area contributed by atoms with Crippen LogP contribution in [0, 0.1) is 0 Å². The topological polar surface area (TPSA) is 103 Å². The number of carbonyl (C=O) groups excluding carboxylic acids is 4. The zero-order chi connectivity index (χ0) is 22.5. The van der Waals surface area contributed by atoms with Crippen LogP contribution in [0.1, 0.15) is 30.0 Å². The lowest BCUT2D eigenvalue weighted by atomic mass is 10.1. The summed E-state index contributed by atoms with van der Waals surface area (Å²) in [6.07, 6.45) is 1.42. The lowest BCUT2D eigenvalue weighted by Gasteiger charge is -2.10. The molecule has 31 heavy (non-hydrogen) atoms. The Hall–Kier alpha value is -3.04. The van der Waals surface area contributed by atoms with Crippen LogP contribution in [0.15, 0.2) is 39.7 Å². The monoisotopic (exact) mass is 463 g/mol. The third kappa shape index (κ3) is 5.18. The molecule has 0 saturated carbocycles. The quantitative estimate of drug-likeness (QED) is 0.440. The van der Waals surface area contributed by atoms with Gasteiger partial charge in [-0.1, -0.05) is 11.6 Å². The van der Waals surface area contributed by atoms with Gasteiger partial charge in [0.05, 0.1) is 28.7 Å². The summed E-state index contributed by atoms with van der Waals surface area (Å²) < 4.78 is 15.5. The second-order valence-corrected chi connectivity index (χ2v) is 7.59. The number of furan rings is 1. The number of halogens is 1. The average molecular weight is 464 g/mol. The van der Waals surface area contributed by atoms with Gasteiger partial charge in [-0.25, -0.2) is 4.79 Å². The van der Waals surface area contributed by atoms with Gasteiger partial charge in [0.15, 0.2) is 0 Å². The normalized spacial score (nSPS) is 14.9. The summed E-state index contributed by atoms with van der Waals surface area (Å²) in [5, 5.41) is -0.308. The van der Waals surface area contributed by atoms with Gasteiger partial charge in [-0.15, -0.1) is 0 Å². The molecule has 162 valence electrons. The molecule has 2 aromatic rings. The Morgan fingerprint density at radius 3 is 2.58 bits per heavy atom. The first-order valence-electron chi connectivity index (χ1n) is 9.31. The fourth-order valence-electron chi connectivity index (χ4n) is 2.73. The molecule has 1 aromatic carbocycles. The van der Waals surface area contributed by atoms with E-state index in [1.165, 1.54) is 6.08 Å². The Morgan fingerprint density at radius 1 is 1.13 bits per heavy atom. The van der Waals surface area contributed by atoms with Gasteiger partial charge in [0.1, 0.15) is 18.1 Å². The van der Waals surface area contributed by atoms with E-state index in [0.29, 0.717) is 28.8 Å². The molecule has 1 aromatic heterocycles. The fraction of sp³-hybridized carbons (Fsp3) is 0.238. The molecule has 1 saturated heterocycles. The number of benzene rings is 1.